The minimum Gasteiger partial charge on any atom is -0.396 e. The maximum Gasteiger partial charge on any atom is 0.154 e. The number of hydrogen-bond donors (Lipinski definition) is 1. The molecule has 0 aliphatic heterocycles. The maximum atomic E-state index is 8.67. The van der Waals surface area contributed by atoms with E-state index in [0.717, 1.165) is 32.5 Å². The van der Waals surface area contributed by atoms with E-state index in [2.05, 4.69) is 6.92 Å². The van der Waals surface area contributed by atoms with Gasteiger partial charge >= 0.3 is 0 Å². The number of aliphatic hydroxyl groups excluding tert-OH is 1. The molecule has 1 unspecified atom stereocenters. The topological polar surface area (TPSA) is 38.7 Å². The molecule has 0 spiro atoms. The van der Waals surface area contributed by atoms with E-state index in [9.17, 15) is 0 Å². The minimum atomic E-state index is -0.0473. The van der Waals surface area contributed by atoms with Crippen LogP contribution >= 0.6 is 0 Å². The predicted molar refractivity (Wildman–Crippen MR) is 84.9 cm³/mol. The minimum absolute atomic E-state index is 0.0473. The predicted octanol–water partition coefficient (Wildman–Crippen LogP) is 4.67. The number of ether oxygens (including phenoxy) is 2. The lowest BCUT2D eigenvalue weighted by atomic mass is 10.1. The van der Waals surface area contributed by atoms with Crippen LogP contribution in [0.25, 0.3) is 0 Å². The van der Waals surface area contributed by atoms with Gasteiger partial charge in [0.1, 0.15) is 0 Å². The molecular formula is C17H36O3. The van der Waals surface area contributed by atoms with E-state index in [4.69, 9.17) is 14.6 Å². The second-order valence-electron chi connectivity index (χ2n) is 5.57. The van der Waals surface area contributed by atoms with Crippen molar-refractivity contribution in [2.45, 2.75) is 90.8 Å². The van der Waals surface area contributed by atoms with Crippen molar-refractivity contribution in [3.8, 4) is 0 Å². The molecule has 0 heterocycles. The van der Waals surface area contributed by atoms with Crippen LogP contribution in [0.1, 0.15) is 84.5 Å². The zero-order valence-corrected chi connectivity index (χ0v) is 13.7. The molecule has 0 aromatic rings. The van der Waals surface area contributed by atoms with Gasteiger partial charge in [0, 0.05) is 19.8 Å². The Morgan fingerprint density at radius 2 is 1.15 bits per heavy atom. The van der Waals surface area contributed by atoms with Crippen LogP contribution in [0.4, 0.5) is 0 Å². The standard InChI is InChI=1S/C17H36O3/c1-3-15-19-17(2)20-16-13-11-9-7-5-4-6-8-10-12-14-18/h17-18H,3-16H2,1-2H3. The van der Waals surface area contributed by atoms with Gasteiger partial charge in [0.05, 0.1) is 0 Å². The maximum absolute atomic E-state index is 8.67. The molecule has 0 radical (unpaired) electrons. The van der Waals surface area contributed by atoms with E-state index >= 15 is 0 Å². The zero-order valence-electron chi connectivity index (χ0n) is 13.7. The molecule has 0 aromatic carbocycles. The second kappa shape index (κ2) is 16.9. The number of rotatable bonds is 16. The van der Waals surface area contributed by atoms with Crippen molar-refractivity contribution < 1.29 is 14.6 Å². The third-order valence-corrected chi connectivity index (χ3v) is 3.46. The molecule has 0 bridgehead atoms. The SMILES string of the molecule is CCCOC(C)OCCCCCCCCCCCCO. The highest BCUT2D eigenvalue weighted by atomic mass is 16.7. The average Bonchev–Trinajstić information content (AvgIpc) is 2.46. The molecule has 0 saturated heterocycles. The Hall–Kier alpha value is -0.120. The first kappa shape index (κ1) is 19.9. The first-order valence-corrected chi connectivity index (χ1v) is 8.65. The van der Waals surface area contributed by atoms with Gasteiger partial charge < -0.3 is 14.6 Å². The van der Waals surface area contributed by atoms with Crippen LogP contribution in [0.3, 0.4) is 0 Å². The first-order chi connectivity index (χ1) is 9.81. The van der Waals surface area contributed by atoms with Gasteiger partial charge in [0.15, 0.2) is 6.29 Å². The Morgan fingerprint density at radius 3 is 1.65 bits per heavy atom. The van der Waals surface area contributed by atoms with Gasteiger partial charge in [-0.1, -0.05) is 58.3 Å². The Labute approximate surface area is 126 Å². The summed E-state index contributed by atoms with van der Waals surface area (Å²) in [5, 5.41) is 8.67. The van der Waals surface area contributed by atoms with Crippen molar-refractivity contribution in [2.24, 2.45) is 0 Å². The van der Waals surface area contributed by atoms with Crippen molar-refractivity contribution in [3.63, 3.8) is 0 Å². The van der Waals surface area contributed by atoms with Gasteiger partial charge in [-0.05, 0) is 26.2 Å². The van der Waals surface area contributed by atoms with Crippen LogP contribution in [-0.4, -0.2) is 31.2 Å². The zero-order chi connectivity index (χ0) is 14.9. The van der Waals surface area contributed by atoms with Crippen molar-refractivity contribution in [1.29, 1.82) is 0 Å². The molecule has 0 aliphatic rings. The highest BCUT2D eigenvalue weighted by Gasteiger charge is 2.00. The molecule has 0 amide bonds. The summed E-state index contributed by atoms with van der Waals surface area (Å²) in [6.45, 7) is 6.06. The van der Waals surface area contributed by atoms with E-state index in [-0.39, 0.29) is 6.29 Å². The van der Waals surface area contributed by atoms with Crippen LogP contribution in [0.15, 0.2) is 0 Å². The summed E-state index contributed by atoms with van der Waals surface area (Å²) in [5.41, 5.74) is 0. The van der Waals surface area contributed by atoms with E-state index in [1.165, 1.54) is 51.4 Å². The highest BCUT2D eigenvalue weighted by Crippen LogP contribution is 2.10. The number of hydrogen-bond acceptors (Lipinski definition) is 3. The lowest BCUT2D eigenvalue weighted by Gasteiger charge is -2.13. The molecule has 3 nitrogen and oxygen atoms in total. The van der Waals surface area contributed by atoms with Gasteiger partial charge in [-0.25, -0.2) is 0 Å². The van der Waals surface area contributed by atoms with Crippen molar-refractivity contribution >= 4 is 0 Å². The molecular weight excluding hydrogens is 252 g/mol. The Morgan fingerprint density at radius 1 is 0.700 bits per heavy atom. The van der Waals surface area contributed by atoms with Gasteiger partial charge in [-0.15, -0.1) is 0 Å². The Bertz CT molecular complexity index is 174. The normalized spacial score (nSPS) is 12.8. The van der Waals surface area contributed by atoms with Gasteiger partial charge in [0.25, 0.3) is 0 Å². The van der Waals surface area contributed by atoms with Crippen LogP contribution in [0, 0.1) is 0 Å². The quantitative estimate of drug-likeness (QED) is 0.331. The highest BCUT2D eigenvalue weighted by molar-refractivity contribution is 4.48. The third kappa shape index (κ3) is 15.9. The van der Waals surface area contributed by atoms with Gasteiger partial charge in [-0.3, -0.25) is 0 Å². The fraction of sp³-hybridized carbons (Fsp3) is 1.00. The average molecular weight is 288 g/mol. The van der Waals surface area contributed by atoms with Crippen molar-refractivity contribution in [1.82, 2.24) is 0 Å². The molecule has 1 atom stereocenters. The van der Waals surface area contributed by atoms with E-state index in [1.54, 1.807) is 0 Å². The molecule has 3 heteroatoms. The molecule has 0 fully saturated rings. The molecule has 1 N–H and O–H groups in total. The lowest BCUT2D eigenvalue weighted by molar-refractivity contribution is -0.130. The summed E-state index contributed by atoms with van der Waals surface area (Å²) in [5.74, 6) is 0. The summed E-state index contributed by atoms with van der Waals surface area (Å²) in [6, 6.07) is 0. The summed E-state index contributed by atoms with van der Waals surface area (Å²) < 4.78 is 11.0. The summed E-state index contributed by atoms with van der Waals surface area (Å²) in [7, 11) is 0. The van der Waals surface area contributed by atoms with Gasteiger partial charge in [-0.2, -0.15) is 0 Å². The lowest BCUT2D eigenvalue weighted by Crippen LogP contribution is -2.14. The monoisotopic (exact) mass is 288 g/mol. The Kier molecular flexibility index (Phi) is 16.8. The van der Waals surface area contributed by atoms with E-state index in [0.29, 0.717) is 6.61 Å². The third-order valence-electron chi connectivity index (χ3n) is 3.46. The Balaban J connectivity index is 3.02. The number of aliphatic hydroxyl groups is 1. The van der Waals surface area contributed by atoms with Gasteiger partial charge in [0.2, 0.25) is 0 Å². The molecule has 0 rings (SSSR count). The molecule has 122 valence electrons. The summed E-state index contributed by atoms with van der Waals surface area (Å²) in [4.78, 5) is 0. The molecule has 0 aliphatic carbocycles. The van der Waals surface area contributed by atoms with E-state index < -0.39 is 0 Å². The molecule has 0 aromatic heterocycles. The van der Waals surface area contributed by atoms with Crippen molar-refractivity contribution in [2.75, 3.05) is 19.8 Å². The van der Waals surface area contributed by atoms with Crippen LogP contribution in [0.2, 0.25) is 0 Å². The number of unbranched alkanes of at least 4 members (excludes halogenated alkanes) is 9. The van der Waals surface area contributed by atoms with Crippen molar-refractivity contribution in [3.05, 3.63) is 0 Å². The van der Waals surface area contributed by atoms with Crippen LogP contribution in [0.5, 0.6) is 0 Å². The summed E-state index contributed by atoms with van der Waals surface area (Å²) in [6.07, 6.45) is 13.6. The van der Waals surface area contributed by atoms with Crippen LogP contribution in [-0.2, 0) is 9.47 Å². The molecule has 20 heavy (non-hydrogen) atoms. The fourth-order valence-corrected chi connectivity index (χ4v) is 2.21. The second-order valence-corrected chi connectivity index (χ2v) is 5.57. The fourth-order valence-electron chi connectivity index (χ4n) is 2.21. The molecule has 0 saturated carbocycles. The van der Waals surface area contributed by atoms with Crippen LogP contribution < -0.4 is 0 Å². The first-order valence-electron chi connectivity index (χ1n) is 8.65. The van der Waals surface area contributed by atoms with E-state index in [1.807, 2.05) is 6.92 Å². The largest absolute Gasteiger partial charge is 0.396 e. The smallest absolute Gasteiger partial charge is 0.154 e. The summed E-state index contributed by atoms with van der Waals surface area (Å²) >= 11 is 0.